The first kappa shape index (κ1) is 11.4. The van der Waals surface area contributed by atoms with Crippen molar-refractivity contribution in [2.75, 3.05) is 6.61 Å². The summed E-state index contributed by atoms with van der Waals surface area (Å²) < 4.78 is 15.8. The maximum atomic E-state index is 13.8. The molecule has 3 rings (SSSR count). The Morgan fingerprint density at radius 1 is 1.39 bits per heavy atom. The summed E-state index contributed by atoms with van der Waals surface area (Å²) in [6, 6.07) is 6.71. The van der Waals surface area contributed by atoms with E-state index in [9.17, 15) is 9.50 Å². The van der Waals surface area contributed by atoms with Crippen molar-refractivity contribution in [2.24, 2.45) is 5.92 Å². The number of aliphatic hydroxyl groups excluding tert-OH is 1. The third-order valence-corrected chi connectivity index (χ3v) is 3.57. The van der Waals surface area contributed by atoms with Crippen LogP contribution < -0.4 is 0 Å². The molecule has 1 aliphatic heterocycles. The molecule has 1 unspecified atom stereocenters. The molecule has 1 aromatic carbocycles. The van der Waals surface area contributed by atoms with Gasteiger partial charge >= 0.3 is 0 Å². The van der Waals surface area contributed by atoms with Gasteiger partial charge in [-0.25, -0.2) is 9.37 Å². The summed E-state index contributed by atoms with van der Waals surface area (Å²) in [6.07, 6.45) is 3.53. The van der Waals surface area contributed by atoms with Gasteiger partial charge in [-0.2, -0.15) is 0 Å². The number of hydrogen-bond acceptors (Lipinski definition) is 2. The number of hydrogen-bond donors (Lipinski definition) is 1. The minimum atomic E-state index is -0.241. The quantitative estimate of drug-likeness (QED) is 0.882. The lowest BCUT2D eigenvalue weighted by Crippen LogP contribution is -2.21. The second kappa shape index (κ2) is 4.53. The molecule has 2 heterocycles. The molecule has 0 aliphatic carbocycles. The number of aromatic nitrogens is 2. The largest absolute Gasteiger partial charge is 0.396 e. The zero-order chi connectivity index (χ0) is 12.5. The van der Waals surface area contributed by atoms with Crippen molar-refractivity contribution in [3.05, 3.63) is 42.0 Å². The summed E-state index contributed by atoms with van der Waals surface area (Å²) >= 11 is 0. The monoisotopic (exact) mass is 246 g/mol. The zero-order valence-electron chi connectivity index (χ0n) is 10.0. The van der Waals surface area contributed by atoms with E-state index in [4.69, 9.17) is 0 Å². The Morgan fingerprint density at radius 3 is 3.00 bits per heavy atom. The van der Waals surface area contributed by atoms with Crippen LogP contribution in [-0.2, 0) is 13.0 Å². The molecule has 0 amide bonds. The molecule has 0 spiro atoms. The molecule has 0 saturated carbocycles. The Balaban J connectivity index is 2.01. The SMILES string of the molecule is OCC1CCn2c(cnc2-c2ccccc2F)C1. The van der Waals surface area contributed by atoms with Gasteiger partial charge in [0, 0.05) is 25.0 Å². The Kier molecular flexibility index (Phi) is 2.88. The number of imidazole rings is 1. The first-order valence-electron chi connectivity index (χ1n) is 6.19. The third kappa shape index (κ3) is 1.82. The summed E-state index contributed by atoms with van der Waals surface area (Å²) in [6.45, 7) is 1.00. The van der Waals surface area contributed by atoms with Crippen LogP contribution in [0.4, 0.5) is 4.39 Å². The third-order valence-electron chi connectivity index (χ3n) is 3.57. The summed E-state index contributed by atoms with van der Waals surface area (Å²) in [4.78, 5) is 4.34. The highest BCUT2D eigenvalue weighted by molar-refractivity contribution is 5.57. The normalized spacial score (nSPS) is 18.7. The van der Waals surface area contributed by atoms with E-state index in [0.717, 1.165) is 25.1 Å². The van der Waals surface area contributed by atoms with Gasteiger partial charge in [-0.3, -0.25) is 0 Å². The molecule has 94 valence electrons. The molecule has 0 radical (unpaired) electrons. The molecule has 1 atom stereocenters. The lowest BCUT2D eigenvalue weighted by molar-refractivity contribution is 0.201. The van der Waals surface area contributed by atoms with Crippen LogP contribution in [-0.4, -0.2) is 21.3 Å². The molecule has 0 bridgehead atoms. The van der Waals surface area contributed by atoms with E-state index in [0.29, 0.717) is 17.3 Å². The van der Waals surface area contributed by atoms with E-state index in [1.807, 2.05) is 6.07 Å². The topological polar surface area (TPSA) is 38.0 Å². The van der Waals surface area contributed by atoms with Crippen molar-refractivity contribution in [1.29, 1.82) is 0 Å². The van der Waals surface area contributed by atoms with E-state index >= 15 is 0 Å². The lowest BCUT2D eigenvalue weighted by atomic mass is 9.97. The van der Waals surface area contributed by atoms with Gasteiger partial charge in [0.25, 0.3) is 0 Å². The molecule has 4 heteroatoms. The van der Waals surface area contributed by atoms with Gasteiger partial charge in [0.15, 0.2) is 0 Å². The maximum absolute atomic E-state index is 13.8. The molecule has 1 aromatic heterocycles. The molecule has 3 nitrogen and oxygen atoms in total. The Hall–Kier alpha value is -1.68. The minimum Gasteiger partial charge on any atom is -0.396 e. The molecule has 1 N–H and O–H groups in total. The lowest BCUT2D eigenvalue weighted by Gasteiger charge is -2.23. The van der Waals surface area contributed by atoms with E-state index in [1.54, 1.807) is 18.3 Å². The van der Waals surface area contributed by atoms with Gasteiger partial charge in [-0.15, -0.1) is 0 Å². The minimum absolute atomic E-state index is 0.209. The van der Waals surface area contributed by atoms with Gasteiger partial charge in [0.1, 0.15) is 11.6 Å². The van der Waals surface area contributed by atoms with E-state index < -0.39 is 0 Å². The van der Waals surface area contributed by atoms with Crippen molar-refractivity contribution < 1.29 is 9.50 Å². The van der Waals surface area contributed by atoms with Crippen molar-refractivity contribution in [2.45, 2.75) is 19.4 Å². The molecular formula is C14H15FN2O. The Bertz CT molecular complexity index is 565. The van der Waals surface area contributed by atoms with Crippen molar-refractivity contribution in [3.8, 4) is 11.4 Å². The van der Waals surface area contributed by atoms with Gasteiger partial charge in [-0.05, 0) is 30.9 Å². The molecule has 0 saturated heterocycles. The zero-order valence-corrected chi connectivity index (χ0v) is 10.0. The maximum Gasteiger partial charge on any atom is 0.143 e. The van der Waals surface area contributed by atoms with Crippen LogP contribution in [0.15, 0.2) is 30.5 Å². The smallest absolute Gasteiger partial charge is 0.143 e. The van der Waals surface area contributed by atoms with Gasteiger partial charge in [0.05, 0.1) is 5.56 Å². The molecular weight excluding hydrogens is 231 g/mol. The summed E-state index contributed by atoms with van der Waals surface area (Å²) in [5, 5.41) is 9.19. The first-order chi connectivity index (χ1) is 8.79. The highest BCUT2D eigenvalue weighted by Gasteiger charge is 2.22. The van der Waals surface area contributed by atoms with Crippen molar-refractivity contribution in [1.82, 2.24) is 9.55 Å². The molecule has 1 aliphatic rings. The molecule has 0 fully saturated rings. The second-order valence-electron chi connectivity index (χ2n) is 4.75. The van der Waals surface area contributed by atoms with Crippen LogP contribution in [0.2, 0.25) is 0 Å². The van der Waals surface area contributed by atoms with Crippen LogP contribution in [0.25, 0.3) is 11.4 Å². The fraction of sp³-hybridized carbons (Fsp3) is 0.357. The number of benzene rings is 1. The first-order valence-corrected chi connectivity index (χ1v) is 6.19. The summed E-state index contributed by atoms with van der Waals surface area (Å²) in [5.41, 5.74) is 1.63. The van der Waals surface area contributed by atoms with E-state index in [2.05, 4.69) is 9.55 Å². The van der Waals surface area contributed by atoms with E-state index in [1.165, 1.54) is 6.07 Å². The second-order valence-corrected chi connectivity index (χ2v) is 4.75. The van der Waals surface area contributed by atoms with Crippen LogP contribution >= 0.6 is 0 Å². The fourth-order valence-corrected chi connectivity index (χ4v) is 2.55. The van der Waals surface area contributed by atoms with Crippen LogP contribution in [0, 0.1) is 11.7 Å². The van der Waals surface area contributed by atoms with Gasteiger partial charge in [-0.1, -0.05) is 12.1 Å². The number of aliphatic hydroxyl groups is 1. The van der Waals surface area contributed by atoms with Gasteiger partial charge in [0.2, 0.25) is 0 Å². The number of nitrogens with zero attached hydrogens (tertiary/aromatic N) is 2. The Labute approximate surface area is 105 Å². The number of rotatable bonds is 2. The fourth-order valence-electron chi connectivity index (χ4n) is 2.55. The molecule has 2 aromatic rings. The standard InChI is InChI=1S/C14H15FN2O/c15-13-4-2-1-3-12(13)14-16-8-11-7-10(9-18)5-6-17(11)14/h1-4,8,10,18H,5-7,9H2. The highest BCUT2D eigenvalue weighted by Crippen LogP contribution is 2.28. The van der Waals surface area contributed by atoms with Crippen LogP contribution in [0.5, 0.6) is 0 Å². The van der Waals surface area contributed by atoms with E-state index in [-0.39, 0.29) is 12.4 Å². The highest BCUT2D eigenvalue weighted by atomic mass is 19.1. The van der Waals surface area contributed by atoms with Crippen molar-refractivity contribution in [3.63, 3.8) is 0 Å². The average Bonchev–Trinajstić information content (AvgIpc) is 2.82. The van der Waals surface area contributed by atoms with Crippen molar-refractivity contribution >= 4 is 0 Å². The Morgan fingerprint density at radius 2 is 2.22 bits per heavy atom. The molecule has 18 heavy (non-hydrogen) atoms. The number of halogens is 1. The van der Waals surface area contributed by atoms with Gasteiger partial charge < -0.3 is 9.67 Å². The summed E-state index contributed by atoms with van der Waals surface area (Å²) in [7, 11) is 0. The predicted octanol–water partition coefficient (Wildman–Crippen LogP) is 2.24. The summed E-state index contributed by atoms with van der Waals surface area (Å²) in [5.74, 6) is 0.761. The van der Waals surface area contributed by atoms with Crippen LogP contribution in [0.1, 0.15) is 12.1 Å². The average molecular weight is 246 g/mol. The predicted molar refractivity (Wildman–Crippen MR) is 66.5 cm³/mol. The number of fused-ring (bicyclic) bond motifs is 1. The van der Waals surface area contributed by atoms with Crippen LogP contribution in [0.3, 0.4) is 0 Å².